The molecule has 3 N–H and O–H groups in total. The minimum Gasteiger partial charge on any atom is -0.383 e. The van der Waals surface area contributed by atoms with E-state index < -0.39 is 5.60 Å². The number of amides is 2. The van der Waals surface area contributed by atoms with Gasteiger partial charge >= 0.3 is 6.03 Å². The molecule has 1 atom stereocenters. The summed E-state index contributed by atoms with van der Waals surface area (Å²) in [6.45, 7) is 10.6. The van der Waals surface area contributed by atoms with Crippen molar-refractivity contribution in [3.8, 4) is 0 Å². The van der Waals surface area contributed by atoms with Crippen LogP contribution in [-0.4, -0.2) is 58.0 Å². The van der Waals surface area contributed by atoms with Crippen LogP contribution in [0.4, 0.5) is 4.79 Å². The van der Waals surface area contributed by atoms with E-state index in [1.807, 2.05) is 6.92 Å². The van der Waals surface area contributed by atoms with Gasteiger partial charge < -0.3 is 15.7 Å². The molecule has 2 amide bonds. The normalized spacial score (nSPS) is 18.8. The number of rotatable bonds is 6. The standard InChI is InChI=1S/C17H29N5O2/c1-13(2)10-22-7-5-15(6-8-22)20-16(23)18-12-17(3,24)14-9-19-21(4)11-14/h9,11,15,24H,1,5-8,10,12H2,2-4H3,(H2,18,20,23)/t17-/m1/s1. The Morgan fingerprint density at radius 2 is 2.17 bits per heavy atom. The fourth-order valence-corrected chi connectivity index (χ4v) is 2.91. The van der Waals surface area contributed by atoms with E-state index in [1.54, 1.807) is 31.0 Å². The highest BCUT2D eigenvalue weighted by atomic mass is 16.3. The third kappa shape index (κ3) is 5.35. The van der Waals surface area contributed by atoms with Gasteiger partial charge in [-0.05, 0) is 26.7 Å². The second-order valence-electron chi connectivity index (χ2n) is 7.01. The number of carbonyl (C=O) groups excluding carboxylic acids is 1. The average molecular weight is 335 g/mol. The smallest absolute Gasteiger partial charge is 0.315 e. The average Bonchev–Trinajstić information content (AvgIpc) is 2.94. The zero-order valence-electron chi connectivity index (χ0n) is 14.9. The van der Waals surface area contributed by atoms with Gasteiger partial charge in [0.1, 0.15) is 5.60 Å². The molecule has 1 aliphatic heterocycles. The molecule has 2 rings (SSSR count). The number of carbonyl (C=O) groups is 1. The van der Waals surface area contributed by atoms with E-state index in [2.05, 4.69) is 27.2 Å². The molecule has 1 aromatic heterocycles. The van der Waals surface area contributed by atoms with Crippen molar-refractivity contribution in [1.29, 1.82) is 0 Å². The SMILES string of the molecule is C=C(C)CN1CCC(NC(=O)NC[C@@](C)(O)c2cnn(C)c2)CC1. The van der Waals surface area contributed by atoms with Crippen LogP contribution in [0.2, 0.25) is 0 Å². The first-order chi connectivity index (χ1) is 11.3. The first kappa shape index (κ1) is 18.5. The minimum absolute atomic E-state index is 0.138. The second-order valence-corrected chi connectivity index (χ2v) is 7.01. The van der Waals surface area contributed by atoms with Gasteiger partial charge in [-0.3, -0.25) is 9.58 Å². The van der Waals surface area contributed by atoms with Gasteiger partial charge in [-0.25, -0.2) is 4.79 Å². The summed E-state index contributed by atoms with van der Waals surface area (Å²) in [6, 6.07) is -0.0628. The Bertz CT molecular complexity index is 573. The number of aliphatic hydroxyl groups is 1. The summed E-state index contributed by atoms with van der Waals surface area (Å²) in [4.78, 5) is 14.4. The van der Waals surface area contributed by atoms with Crippen molar-refractivity contribution in [1.82, 2.24) is 25.3 Å². The zero-order chi connectivity index (χ0) is 17.7. The van der Waals surface area contributed by atoms with E-state index in [1.165, 1.54) is 0 Å². The molecule has 0 spiro atoms. The Hall–Kier alpha value is -1.86. The first-order valence-electron chi connectivity index (χ1n) is 8.39. The molecule has 1 saturated heterocycles. The van der Waals surface area contributed by atoms with Crippen LogP contribution >= 0.6 is 0 Å². The lowest BCUT2D eigenvalue weighted by molar-refractivity contribution is 0.0590. The molecule has 7 heteroatoms. The molecule has 1 aromatic rings. The molecule has 0 aromatic carbocycles. The van der Waals surface area contributed by atoms with Crippen LogP contribution in [0.25, 0.3) is 0 Å². The number of nitrogens with one attached hydrogen (secondary N) is 2. The topological polar surface area (TPSA) is 82.4 Å². The number of hydrogen-bond acceptors (Lipinski definition) is 4. The predicted octanol–water partition coefficient (Wildman–Crippen LogP) is 0.967. The molecular weight excluding hydrogens is 306 g/mol. The van der Waals surface area contributed by atoms with E-state index in [4.69, 9.17) is 0 Å². The molecule has 1 fully saturated rings. The van der Waals surface area contributed by atoms with E-state index in [0.717, 1.165) is 38.0 Å². The van der Waals surface area contributed by atoms with E-state index in [0.29, 0.717) is 5.56 Å². The van der Waals surface area contributed by atoms with Gasteiger partial charge in [-0.15, -0.1) is 0 Å². The Morgan fingerprint density at radius 3 is 2.71 bits per heavy atom. The highest BCUT2D eigenvalue weighted by Gasteiger charge is 2.26. The van der Waals surface area contributed by atoms with Gasteiger partial charge in [0.15, 0.2) is 0 Å². The monoisotopic (exact) mass is 335 g/mol. The number of aromatic nitrogens is 2. The fourth-order valence-electron chi connectivity index (χ4n) is 2.91. The highest BCUT2D eigenvalue weighted by Crippen LogP contribution is 2.18. The van der Waals surface area contributed by atoms with Crippen LogP contribution in [0.5, 0.6) is 0 Å². The van der Waals surface area contributed by atoms with Crippen LogP contribution in [0.3, 0.4) is 0 Å². The predicted molar refractivity (Wildman–Crippen MR) is 93.6 cm³/mol. The van der Waals surface area contributed by atoms with Crippen LogP contribution < -0.4 is 10.6 Å². The number of aryl methyl sites for hydroxylation is 1. The molecule has 2 heterocycles. The molecular formula is C17H29N5O2. The molecule has 24 heavy (non-hydrogen) atoms. The summed E-state index contributed by atoms with van der Waals surface area (Å²) in [5.41, 5.74) is 0.700. The first-order valence-corrected chi connectivity index (χ1v) is 8.39. The van der Waals surface area contributed by atoms with Gasteiger partial charge in [0.2, 0.25) is 0 Å². The molecule has 134 valence electrons. The largest absolute Gasteiger partial charge is 0.383 e. The Balaban J connectivity index is 1.73. The van der Waals surface area contributed by atoms with E-state index >= 15 is 0 Å². The van der Waals surface area contributed by atoms with Crippen LogP contribution in [-0.2, 0) is 12.6 Å². The lowest BCUT2D eigenvalue weighted by Crippen LogP contribution is -2.50. The number of urea groups is 1. The van der Waals surface area contributed by atoms with Gasteiger partial charge in [0, 0.05) is 44.5 Å². The van der Waals surface area contributed by atoms with Crippen molar-refractivity contribution in [2.24, 2.45) is 7.05 Å². The van der Waals surface area contributed by atoms with Crippen molar-refractivity contribution in [3.63, 3.8) is 0 Å². The summed E-state index contributed by atoms with van der Waals surface area (Å²) in [5.74, 6) is 0. The van der Waals surface area contributed by atoms with Gasteiger partial charge in [-0.1, -0.05) is 12.2 Å². The Kier molecular flexibility index (Phi) is 6.01. The van der Waals surface area contributed by atoms with E-state index in [9.17, 15) is 9.90 Å². The van der Waals surface area contributed by atoms with Gasteiger partial charge in [0.05, 0.1) is 12.7 Å². The molecule has 0 saturated carbocycles. The maximum Gasteiger partial charge on any atom is 0.315 e. The fraction of sp³-hybridized carbons (Fsp3) is 0.647. The molecule has 0 radical (unpaired) electrons. The second kappa shape index (κ2) is 7.81. The Labute approximate surface area is 143 Å². The summed E-state index contributed by atoms with van der Waals surface area (Å²) in [7, 11) is 1.79. The molecule has 7 nitrogen and oxygen atoms in total. The number of piperidine rings is 1. The third-order valence-electron chi connectivity index (χ3n) is 4.34. The third-order valence-corrected chi connectivity index (χ3v) is 4.34. The maximum atomic E-state index is 12.1. The summed E-state index contributed by atoms with van der Waals surface area (Å²) >= 11 is 0. The van der Waals surface area contributed by atoms with Crippen LogP contribution in [0.15, 0.2) is 24.5 Å². The molecule has 0 bridgehead atoms. The molecule has 0 unspecified atom stereocenters. The summed E-state index contributed by atoms with van der Waals surface area (Å²) < 4.78 is 1.63. The van der Waals surface area contributed by atoms with Crippen molar-refractivity contribution < 1.29 is 9.90 Å². The summed E-state index contributed by atoms with van der Waals surface area (Å²) in [5, 5.41) is 20.3. The van der Waals surface area contributed by atoms with Crippen molar-refractivity contribution in [3.05, 3.63) is 30.1 Å². The summed E-state index contributed by atoms with van der Waals surface area (Å²) in [6.07, 6.45) is 5.22. The minimum atomic E-state index is -1.14. The Morgan fingerprint density at radius 1 is 1.50 bits per heavy atom. The van der Waals surface area contributed by atoms with Gasteiger partial charge in [0.25, 0.3) is 0 Å². The van der Waals surface area contributed by atoms with Crippen molar-refractivity contribution in [2.45, 2.75) is 38.3 Å². The van der Waals surface area contributed by atoms with E-state index in [-0.39, 0.29) is 18.6 Å². The zero-order valence-corrected chi connectivity index (χ0v) is 14.9. The molecule has 1 aliphatic rings. The lowest BCUT2D eigenvalue weighted by atomic mass is 10.00. The highest BCUT2D eigenvalue weighted by molar-refractivity contribution is 5.74. The number of nitrogens with zero attached hydrogens (tertiary/aromatic N) is 3. The van der Waals surface area contributed by atoms with Gasteiger partial charge in [-0.2, -0.15) is 5.10 Å². The van der Waals surface area contributed by atoms with Crippen molar-refractivity contribution in [2.75, 3.05) is 26.2 Å². The van der Waals surface area contributed by atoms with Crippen LogP contribution in [0, 0.1) is 0 Å². The van der Waals surface area contributed by atoms with Crippen molar-refractivity contribution >= 4 is 6.03 Å². The quantitative estimate of drug-likeness (QED) is 0.677. The maximum absolute atomic E-state index is 12.1. The number of likely N-dealkylation sites (tertiary alicyclic amines) is 1. The lowest BCUT2D eigenvalue weighted by Gasteiger charge is -2.32. The number of hydrogen-bond donors (Lipinski definition) is 3. The van der Waals surface area contributed by atoms with Crippen LogP contribution in [0.1, 0.15) is 32.3 Å². The molecule has 0 aliphatic carbocycles.